The van der Waals surface area contributed by atoms with E-state index in [1.165, 1.54) is 32.0 Å². The molecule has 4 heteroatoms. The van der Waals surface area contributed by atoms with E-state index in [9.17, 15) is 4.39 Å². The highest BCUT2D eigenvalue weighted by Crippen LogP contribution is 2.22. The lowest BCUT2D eigenvalue weighted by Gasteiger charge is -2.15. The molecule has 0 atom stereocenters. The van der Waals surface area contributed by atoms with Crippen molar-refractivity contribution in [2.75, 3.05) is 37.2 Å². The van der Waals surface area contributed by atoms with E-state index < -0.39 is 0 Å². The van der Waals surface area contributed by atoms with Gasteiger partial charge >= 0.3 is 0 Å². The summed E-state index contributed by atoms with van der Waals surface area (Å²) in [6.45, 7) is 6.23. The second kappa shape index (κ2) is 6.05. The average molecular weight is 251 g/mol. The van der Waals surface area contributed by atoms with Crippen molar-refractivity contribution < 1.29 is 4.39 Å². The van der Waals surface area contributed by atoms with E-state index in [-0.39, 0.29) is 5.82 Å². The quantitative estimate of drug-likeness (QED) is 0.624. The third kappa shape index (κ3) is 3.35. The van der Waals surface area contributed by atoms with E-state index in [0.717, 1.165) is 25.2 Å². The molecule has 1 saturated heterocycles. The van der Waals surface area contributed by atoms with Gasteiger partial charge < -0.3 is 16.0 Å². The summed E-state index contributed by atoms with van der Waals surface area (Å²) in [7, 11) is 0. The Labute approximate surface area is 108 Å². The van der Waals surface area contributed by atoms with Crippen molar-refractivity contribution in [2.45, 2.75) is 26.2 Å². The maximum absolute atomic E-state index is 13.2. The number of rotatable bonds is 5. The molecule has 0 saturated carbocycles. The van der Waals surface area contributed by atoms with Gasteiger partial charge in [0.1, 0.15) is 5.82 Å². The minimum Gasteiger partial charge on any atom is -0.397 e. The number of nitrogen functional groups attached to an aromatic ring is 1. The van der Waals surface area contributed by atoms with E-state index in [1.54, 1.807) is 13.0 Å². The number of likely N-dealkylation sites (tertiary alicyclic amines) is 1. The zero-order chi connectivity index (χ0) is 13.0. The van der Waals surface area contributed by atoms with E-state index in [0.29, 0.717) is 11.3 Å². The number of nitrogens with one attached hydrogen (secondary N) is 1. The first-order valence-electron chi connectivity index (χ1n) is 6.68. The Morgan fingerprint density at radius 1 is 1.33 bits per heavy atom. The Balaban J connectivity index is 1.77. The molecule has 1 fully saturated rings. The van der Waals surface area contributed by atoms with Crippen LogP contribution in [-0.4, -0.2) is 31.1 Å². The van der Waals surface area contributed by atoms with E-state index in [4.69, 9.17) is 5.73 Å². The molecule has 1 aromatic carbocycles. The van der Waals surface area contributed by atoms with Gasteiger partial charge in [-0.3, -0.25) is 0 Å². The summed E-state index contributed by atoms with van der Waals surface area (Å²) in [5.41, 5.74) is 7.74. The van der Waals surface area contributed by atoms with Crippen molar-refractivity contribution in [3.05, 3.63) is 23.5 Å². The number of nitrogens with zero attached hydrogens (tertiary/aromatic N) is 1. The lowest BCUT2D eigenvalue weighted by atomic mass is 10.2. The summed E-state index contributed by atoms with van der Waals surface area (Å²) in [5, 5.41) is 3.29. The van der Waals surface area contributed by atoms with Crippen LogP contribution in [0.4, 0.5) is 15.8 Å². The Morgan fingerprint density at radius 2 is 2.06 bits per heavy atom. The predicted molar refractivity (Wildman–Crippen MR) is 74.3 cm³/mol. The van der Waals surface area contributed by atoms with Crippen LogP contribution in [0, 0.1) is 12.7 Å². The smallest absolute Gasteiger partial charge is 0.128 e. The second-order valence-corrected chi connectivity index (χ2v) is 5.02. The number of nitrogens with two attached hydrogens (primary N) is 1. The van der Waals surface area contributed by atoms with E-state index in [2.05, 4.69) is 10.2 Å². The first-order valence-corrected chi connectivity index (χ1v) is 6.68. The number of hydrogen-bond donors (Lipinski definition) is 2. The van der Waals surface area contributed by atoms with Crippen LogP contribution in [0.1, 0.15) is 24.8 Å². The van der Waals surface area contributed by atoms with Gasteiger partial charge in [0.05, 0.1) is 11.4 Å². The highest BCUT2D eigenvalue weighted by molar-refractivity contribution is 5.67. The molecular weight excluding hydrogens is 229 g/mol. The Kier molecular flexibility index (Phi) is 4.42. The molecule has 3 N–H and O–H groups in total. The SMILES string of the molecule is Cc1cc(NCCCN2CCCC2)c(N)cc1F. The molecule has 0 aromatic heterocycles. The minimum atomic E-state index is -0.241. The summed E-state index contributed by atoms with van der Waals surface area (Å²) >= 11 is 0. The van der Waals surface area contributed by atoms with Gasteiger partial charge in [-0.2, -0.15) is 0 Å². The Bertz CT molecular complexity index is 400. The van der Waals surface area contributed by atoms with E-state index >= 15 is 0 Å². The van der Waals surface area contributed by atoms with Crippen LogP contribution in [-0.2, 0) is 0 Å². The van der Waals surface area contributed by atoms with Crippen LogP contribution in [0.15, 0.2) is 12.1 Å². The van der Waals surface area contributed by atoms with Gasteiger partial charge in [-0.15, -0.1) is 0 Å². The zero-order valence-corrected chi connectivity index (χ0v) is 11.0. The van der Waals surface area contributed by atoms with Gasteiger partial charge in [0.15, 0.2) is 0 Å². The third-order valence-electron chi connectivity index (χ3n) is 3.50. The van der Waals surface area contributed by atoms with Gasteiger partial charge in [-0.25, -0.2) is 4.39 Å². The highest BCUT2D eigenvalue weighted by Gasteiger charge is 2.10. The van der Waals surface area contributed by atoms with Crippen molar-refractivity contribution in [1.82, 2.24) is 4.90 Å². The summed E-state index contributed by atoms with van der Waals surface area (Å²) in [6.07, 6.45) is 3.75. The van der Waals surface area contributed by atoms with Crippen LogP contribution in [0.2, 0.25) is 0 Å². The number of benzene rings is 1. The van der Waals surface area contributed by atoms with Crippen molar-refractivity contribution >= 4 is 11.4 Å². The molecule has 1 aliphatic heterocycles. The average Bonchev–Trinajstić information content (AvgIpc) is 2.84. The predicted octanol–water partition coefficient (Wildman–Crippen LogP) is 2.61. The molecule has 0 bridgehead atoms. The normalized spacial score (nSPS) is 16.1. The van der Waals surface area contributed by atoms with Crippen LogP contribution in [0.25, 0.3) is 0 Å². The number of aryl methyl sites for hydroxylation is 1. The van der Waals surface area contributed by atoms with Crippen LogP contribution < -0.4 is 11.1 Å². The number of anilines is 2. The third-order valence-corrected chi connectivity index (χ3v) is 3.50. The fourth-order valence-electron chi connectivity index (χ4n) is 2.38. The number of hydrogen-bond acceptors (Lipinski definition) is 3. The van der Waals surface area contributed by atoms with Crippen molar-refractivity contribution in [1.29, 1.82) is 0 Å². The second-order valence-electron chi connectivity index (χ2n) is 5.02. The zero-order valence-electron chi connectivity index (χ0n) is 11.0. The maximum atomic E-state index is 13.2. The summed E-state index contributed by atoms with van der Waals surface area (Å²) in [4.78, 5) is 2.49. The van der Waals surface area contributed by atoms with Gasteiger partial charge in [0.25, 0.3) is 0 Å². The molecule has 3 nitrogen and oxygen atoms in total. The minimum absolute atomic E-state index is 0.241. The summed E-state index contributed by atoms with van der Waals surface area (Å²) in [5.74, 6) is -0.241. The lowest BCUT2D eigenvalue weighted by molar-refractivity contribution is 0.337. The topological polar surface area (TPSA) is 41.3 Å². The fraction of sp³-hybridized carbons (Fsp3) is 0.571. The maximum Gasteiger partial charge on any atom is 0.128 e. The Morgan fingerprint density at radius 3 is 2.78 bits per heavy atom. The molecular formula is C14H22FN3. The van der Waals surface area contributed by atoms with Gasteiger partial charge in [-0.05, 0) is 63.5 Å². The molecule has 0 spiro atoms. The molecule has 0 unspecified atom stereocenters. The van der Waals surface area contributed by atoms with Gasteiger partial charge in [0, 0.05) is 6.54 Å². The molecule has 0 radical (unpaired) electrons. The van der Waals surface area contributed by atoms with Crippen LogP contribution in [0.3, 0.4) is 0 Å². The first-order chi connectivity index (χ1) is 8.66. The van der Waals surface area contributed by atoms with E-state index in [1.807, 2.05) is 0 Å². The van der Waals surface area contributed by atoms with Crippen molar-refractivity contribution in [2.24, 2.45) is 0 Å². The number of halogens is 1. The fourth-order valence-corrected chi connectivity index (χ4v) is 2.38. The summed E-state index contributed by atoms with van der Waals surface area (Å²) in [6, 6.07) is 3.17. The molecule has 18 heavy (non-hydrogen) atoms. The summed E-state index contributed by atoms with van der Waals surface area (Å²) < 4.78 is 13.2. The molecule has 100 valence electrons. The molecule has 0 aliphatic carbocycles. The van der Waals surface area contributed by atoms with Crippen LogP contribution >= 0.6 is 0 Å². The van der Waals surface area contributed by atoms with Crippen molar-refractivity contribution in [3.63, 3.8) is 0 Å². The van der Waals surface area contributed by atoms with Crippen LogP contribution in [0.5, 0.6) is 0 Å². The first kappa shape index (κ1) is 13.1. The largest absolute Gasteiger partial charge is 0.397 e. The monoisotopic (exact) mass is 251 g/mol. The molecule has 2 rings (SSSR count). The lowest BCUT2D eigenvalue weighted by Crippen LogP contribution is -2.22. The molecule has 1 aliphatic rings. The highest BCUT2D eigenvalue weighted by atomic mass is 19.1. The standard InChI is InChI=1S/C14H22FN3/c1-11-9-14(13(16)10-12(11)15)17-5-4-8-18-6-2-3-7-18/h9-10,17H,2-8,16H2,1H3. The molecule has 0 amide bonds. The van der Waals surface area contributed by atoms with Gasteiger partial charge in [0.2, 0.25) is 0 Å². The van der Waals surface area contributed by atoms with Gasteiger partial charge in [-0.1, -0.05) is 0 Å². The molecule has 1 aromatic rings. The van der Waals surface area contributed by atoms with Crippen molar-refractivity contribution in [3.8, 4) is 0 Å². The Hall–Kier alpha value is -1.29. The molecule has 1 heterocycles.